The molecule has 0 aliphatic rings. The summed E-state index contributed by atoms with van der Waals surface area (Å²) in [6, 6.07) is 14.2. The summed E-state index contributed by atoms with van der Waals surface area (Å²) in [6.45, 7) is 2.04. The minimum Gasteiger partial charge on any atom is -0.280 e. The fourth-order valence-electron chi connectivity index (χ4n) is 1.64. The minimum atomic E-state index is -3.50. The molecule has 0 saturated heterocycles. The average Bonchev–Trinajstić information content (AvgIpc) is 2.41. The highest BCUT2D eigenvalue weighted by Crippen LogP contribution is 2.17. The van der Waals surface area contributed by atoms with Crippen molar-refractivity contribution in [3.63, 3.8) is 0 Å². The van der Waals surface area contributed by atoms with E-state index < -0.39 is 10.0 Å². The van der Waals surface area contributed by atoms with Crippen molar-refractivity contribution in [3.8, 4) is 0 Å². The summed E-state index contributed by atoms with van der Waals surface area (Å²) in [5.74, 6) is 0. The Morgan fingerprint density at radius 1 is 1.00 bits per heavy atom. The molecule has 0 saturated carbocycles. The van der Waals surface area contributed by atoms with Crippen molar-refractivity contribution < 1.29 is 8.42 Å². The van der Waals surface area contributed by atoms with Gasteiger partial charge in [0.05, 0.1) is 4.90 Å². The summed E-state index contributed by atoms with van der Waals surface area (Å²) in [6.07, 6.45) is 0.894. The predicted molar refractivity (Wildman–Crippen MR) is 85.8 cm³/mol. The SMILES string of the molecule is CCc1ccc(S(=O)(=O)Nc2ccc(I)cc2)cc1. The van der Waals surface area contributed by atoms with Gasteiger partial charge in [-0.15, -0.1) is 0 Å². The van der Waals surface area contributed by atoms with Gasteiger partial charge < -0.3 is 0 Å². The first-order valence-corrected chi connectivity index (χ1v) is 8.45. The zero-order chi connectivity index (χ0) is 13.9. The van der Waals surface area contributed by atoms with Crippen LogP contribution < -0.4 is 4.72 Å². The molecule has 0 fully saturated rings. The van der Waals surface area contributed by atoms with Crippen LogP contribution in [0.2, 0.25) is 0 Å². The zero-order valence-corrected chi connectivity index (χ0v) is 13.4. The maximum Gasteiger partial charge on any atom is 0.261 e. The zero-order valence-electron chi connectivity index (χ0n) is 10.4. The third kappa shape index (κ3) is 3.70. The lowest BCUT2D eigenvalue weighted by Crippen LogP contribution is -2.12. The van der Waals surface area contributed by atoms with Crippen LogP contribution in [0.5, 0.6) is 0 Å². The molecule has 0 spiro atoms. The Labute approximate surface area is 127 Å². The molecule has 3 nitrogen and oxygen atoms in total. The summed E-state index contributed by atoms with van der Waals surface area (Å²) in [7, 11) is -3.50. The molecule has 2 aromatic carbocycles. The Morgan fingerprint density at radius 3 is 2.11 bits per heavy atom. The third-order valence-corrected chi connectivity index (χ3v) is 4.85. The average molecular weight is 387 g/mol. The van der Waals surface area contributed by atoms with Crippen LogP contribution in [0.25, 0.3) is 0 Å². The number of hydrogen-bond donors (Lipinski definition) is 1. The van der Waals surface area contributed by atoms with Gasteiger partial charge in [0.1, 0.15) is 0 Å². The summed E-state index contributed by atoms with van der Waals surface area (Å²) >= 11 is 2.18. The van der Waals surface area contributed by atoms with Gasteiger partial charge in [-0.25, -0.2) is 8.42 Å². The van der Waals surface area contributed by atoms with E-state index in [9.17, 15) is 8.42 Å². The monoisotopic (exact) mass is 387 g/mol. The highest BCUT2D eigenvalue weighted by atomic mass is 127. The van der Waals surface area contributed by atoms with E-state index in [0.717, 1.165) is 15.6 Å². The lowest BCUT2D eigenvalue weighted by atomic mass is 10.2. The summed E-state index contributed by atoms with van der Waals surface area (Å²) in [4.78, 5) is 0.281. The predicted octanol–water partition coefficient (Wildman–Crippen LogP) is 3.65. The van der Waals surface area contributed by atoms with Crippen LogP contribution in [-0.2, 0) is 16.4 Å². The molecule has 0 heterocycles. The van der Waals surface area contributed by atoms with Crippen LogP contribution >= 0.6 is 22.6 Å². The summed E-state index contributed by atoms with van der Waals surface area (Å²) < 4.78 is 28.0. The quantitative estimate of drug-likeness (QED) is 0.815. The van der Waals surface area contributed by atoms with E-state index in [1.54, 1.807) is 24.3 Å². The molecule has 0 bridgehead atoms. The molecule has 0 unspecified atom stereocenters. The Kier molecular flexibility index (Phi) is 4.46. The van der Waals surface area contributed by atoms with Crippen LogP contribution in [0.15, 0.2) is 53.4 Å². The summed E-state index contributed by atoms with van der Waals surface area (Å²) in [5.41, 5.74) is 1.69. The van der Waals surface area contributed by atoms with Gasteiger partial charge in [0.15, 0.2) is 0 Å². The van der Waals surface area contributed by atoms with Crippen molar-refractivity contribution in [3.05, 3.63) is 57.7 Å². The number of anilines is 1. The summed E-state index contributed by atoms with van der Waals surface area (Å²) in [5, 5.41) is 0. The van der Waals surface area contributed by atoms with E-state index in [2.05, 4.69) is 27.3 Å². The van der Waals surface area contributed by atoms with Crippen molar-refractivity contribution in [2.75, 3.05) is 4.72 Å². The molecule has 1 N–H and O–H groups in total. The van der Waals surface area contributed by atoms with Crippen molar-refractivity contribution in [2.24, 2.45) is 0 Å². The first kappa shape index (κ1) is 14.3. The number of nitrogens with one attached hydrogen (secondary N) is 1. The molecule has 5 heteroatoms. The molecular weight excluding hydrogens is 373 g/mol. The maximum absolute atomic E-state index is 12.2. The largest absolute Gasteiger partial charge is 0.280 e. The molecule has 0 aliphatic heterocycles. The molecule has 2 rings (SSSR count). The number of rotatable bonds is 4. The van der Waals surface area contributed by atoms with Crippen molar-refractivity contribution in [1.82, 2.24) is 0 Å². The molecule has 0 aliphatic carbocycles. The van der Waals surface area contributed by atoms with Gasteiger partial charge in [-0.05, 0) is 71.0 Å². The van der Waals surface area contributed by atoms with Gasteiger partial charge in [0, 0.05) is 9.26 Å². The van der Waals surface area contributed by atoms with Crippen LogP contribution in [-0.4, -0.2) is 8.42 Å². The highest BCUT2D eigenvalue weighted by molar-refractivity contribution is 14.1. The fourth-order valence-corrected chi connectivity index (χ4v) is 3.05. The highest BCUT2D eigenvalue weighted by Gasteiger charge is 2.13. The number of halogens is 1. The molecule has 100 valence electrons. The van der Waals surface area contributed by atoms with E-state index in [1.165, 1.54) is 0 Å². The molecule has 19 heavy (non-hydrogen) atoms. The standard InChI is InChI=1S/C14H14INO2S/c1-2-11-3-9-14(10-4-11)19(17,18)16-13-7-5-12(15)6-8-13/h3-10,16H,2H2,1H3. The van der Waals surface area contributed by atoms with Crippen LogP contribution in [0.4, 0.5) is 5.69 Å². The minimum absolute atomic E-state index is 0.281. The van der Waals surface area contributed by atoms with E-state index in [4.69, 9.17) is 0 Å². The molecular formula is C14H14INO2S. The Balaban J connectivity index is 2.24. The smallest absolute Gasteiger partial charge is 0.261 e. The second-order valence-electron chi connectivity index (χ2n) is 4.11. The second kappa shape index (κ2) is 5.92. The van der Waals surface area contributed by atoms with Crippen LogP contribution in [0, 0.1) is 3.57 Å². The Bertz CT molecular complexity index is 649. The normalized spacial score (nSPS) is 11.3. The third-order valence-electron chi connectivity index (χ3n) is 2.74. The molecule has 2 aromatic rings. The van der Waals surface area contributed by atoms with Gasteiger partial charge in [-0.2, -0.15) is 0 Å². The maximum atomic E-state index is 12.2. The molecule has 0 atom stereocenters. The lowest BCUT2D eigenvalue weighted by molar-refractivity contribution is 0.601. The first-order valence-electron chi connectivity index (χ1n) is 5.88. The molecule has 0 radical (unpaired) electrons. The first-order chi connectivity index (χ1) is 9.01. The Morgan fingerprint density at radius 2 is 1.58 bits per heavy atom. The molecule has 0 aromatic heterocycles. The fraction of sp³-hybridized carbons (Fsp3) is 0.143. The number of aryl methyl sites for hydroxylation is 1. The van der Waals surface area contributed by atoms with Crippen molar-refractivity contribution >= 4 is 38.3 Å². The van der Waals surface area contributed by atoms with E-state index >= 15 is 0 Å². The topological polar surface area (TPSA) is 46.2 Å². The molecule has 0 amide bonds. The Hall–Kier alpha value is -1.08. The van der Waals surface area contributed by atoms with Gasteiger partial charge in [-0.1, -0.05) is 19.1 Å². The van der Waals surface area contributed by atoms with E-state index in [-0.39, 0.29) is 4.90 Å². The van der Waals surface area contributed by atoms with Gasteiger partial charge in [0.25, 0.3) is 10.0 Å². The van der Waals surface area contributed by atoms with Gasteiger partial charge >= 0.3 is 0 Å². The van der Waals surface area contributed by atoms with Crippen LogP contribution in [0.1, 0.15) is 12.5 Å². The van der Waals surface area contributed by atoms with Crippen molar-refractivity contribution in [1.29, 1.82) is 0 Å². The van der Waals surface area contributed by atoms with E-state index in [0.29, 0.717) is 5.69 Å². The van der Waals surface area contributed by atoms with Gasteiger partial charge in [0.2, 0.25) is 0 Å². The van der Waals surface area contributed by atoms with Crippen molar-refractivity contribution in [2.45, 2.75) is 18.2 Å². The van der Waals surface area contributed by atoms with E-state index in [1.807, 2.05) is 31.2 Å². The number of hydrogen-bond acceptors (Lipinski definition) is 2. The number of sulfonamides is 1. The van der Waals surface area contributed by atoms with Gasteiger partial charge in [-0.3, -0.25) is 4.72 Å². The second-order valence-corrected chi connectivity index (χ2v) is 7.04. The van der Waals surface area contributed by atoms with Crippen LogP contribution in [0.3, 0.4) is 0 Å². The number of benzene rings is 2. The lowest BCUT2D eigenvalue weighted by Gasteiger charge is -2.08.